The molecule has 1 N–H and O–H groups in total. The number of amides is 2. The third-order valence-electron chi connectivity index (χ3n) is 4.11. The van der Waals surface area contributed by atoms with Crippen molar-refractivity contribution in [3.63, 3.8) is 0 Å². The average Bonchev–Trinajstić information content (AvgIpc) is 2.93. The number of nitrogens with one attached hydrogen (secondary N) is 1. The summed E-state index contributed by atoms with van der Waals surface area (Å²) in [4.78, 5) is 28.7. The smallest absolute Gasteiger partial charge is 0.283 e. The second-order valence-electron chi connectivity index (χ2n) is 6.04. The molecule has 0 saturated carbocycles. The molecule has 0 atom stereocenters. The van der Waals surface area contributed by atoms with Gasteiger partial charge in [-0.2, -0.15) is 0 Å². The van der Waals surface area contributed by atoms with Crippen LogP contribution in [0.2, 0.25) is 5.02 Å². The molecular weight excluding hydrogens is 392 g/mol. The summed E-state index contributed by atoms with van der Waals surface area (Å²) < 4.78 is 0. The molecular formula is C22H15ClN2O2S. The second kappa shape index (κ2) is 7.92. The molecule has 4 rings (SSSR count). The number of benzene rings is 3. The summed E-state index contributed by atoms with van der Waals surface area (Å²) in [6, 6.07) is 25.4. The monoisotopic (exact) mass is 406 g/mol. The van der Waals surface area contributed by atoms with Crippen LogP contribution in [0.3, 0.4) is 0 Å². The fourth-order valence-electron chi connectivity index (χ4n) is 2.84. The molecule has 1 aliphatic rings. The largest absolute Gasteiger partial charge is 0.350 e. The number of carbonyl (C=O) groups excluding carboxylic acids is 2. The predicted octanol–water partition coefficient (Wildman–Crippen LogP) is 5.33. The number of halogens is 1. The molecule has 0 saturated heterocycles. The minimum absolute atomic E-state index is 0.241. The minimum atomic E-state index is -0.394. The van der Waals surface area contributed by atoms with Crippen molar-refractivity contribution in [3.05, 3.63) is 101 Å². The number of para-hydroxylation sites is 1. The molecule has 3 aromatic carbocycles. The third kappa shape index (κ3) is 3.67. The van der Waals surface area contributed by atoms with Gasteiger partial charge in [-0.25, -0.2) is 4.90 Å². The van der Waals surface area contributed by atoms with Crippen LogP contribution in [-0.2, 0) is 9.59 Å². The van der Waals surface area contributed by atoms with E-state index in [1.807, 2.05) is 36.4 Å². The second-order valence-corrected chi connectivity index (χ2v) is 7.56. The number of nitrogens with zero attached hydrogens (tertiary/aromatic N) is 1. The van der Waals surface area contributed by atoms with Crippen LogP contribution in [0.4, 0.5) is 11.4 Å². The lowest BCUT2D eigenvalue weighted by atomic mass is 10.3. The molecule has 0 spiro atoms. The highest BCUT2D eigenvalue weighted by atomic mass is 35.5. The van der Waals surface area contributed by atoms with E-state index >= 15 is 0 Å². The Hall–Kier alpha value is -3.02. The van der Waals surface area contributed by atoms with Gasteiger partial charge in [0.1, 0.15) is 10.6 Å². The number of anilines is 2. The molecule has 6 heteroatoms. The summed E-state index contributed by atoms with van der Waals surface area (Å²) in [6.07, 6.45) is 0. The highest BCUT2D eigenvalue weighted by molar-refractivity contribution is 8.04. The topological polar surface area (TPSA) is 49.4 Å². The highest BCUT2D eigenvalue weighted by Crippen LogP contribution is 2.37. The fourth-order valence-corrected chi connectivity index (χ4v) is 3.98. The minimum Gasteiger partial charge on any atom is -0.350 e. The van der Waals surface area contributed by atoms with E-state index in [0.717, 1.165) is 4.90 Å². The van der Waals surface area contributed by atoms with E-state index in [1.165, 1.54) is 16.7 Å². The summed E-state index contributed by atoms with van der Waals surface area (Å²) in [7, 11) is 0. The number of rotatable bonds is 5. The van der Waals surface area contributed by atoms with E-state index in [2.05, 4.69) is 5.32 Å². The third-order valence-corrected chi connectivity index (χ3v) is 5.44. The van der Waals surface area contributed by atoms with Gasteiger partial charge < -0.3 is 5.32 Å². The Kier molecular flexibility index (Phi) is 5.19. The molecule has 2 amide bonds. The summed E-state index contributed by atoms with van der Waals surface area (Å²) in [5, 5.41) is 3.64. The van der Waals surface area contributed by atoms with Crippen molar-refractivity contribution in [2.75, 3.05) is 10.2 Å². The average molecular weight is 407 g/mol. The van der Waals surface area contributed by atoms with Crippen LogP contribution in [-0.4, -0.2) is 11.8 Å². The standard InChI is InChI=1S/C22H15ClN2O2S/c23-15-8-7-9-16(14-15)24-19-20(28-18-12-5-2-6-13-18)22(27)25(21(19)26)17-10-3-1-4-11-17/h1-14,24H. The van der Waals surface area contributed by atoms with Crippen molar-refractivity contribution in [1.29, 1.82) is 0 Å². The first kappa shape index (κ1) is 18.3. The van der Waals surface area contributed by atoms with Crippen LogP contribution in [0.5, 0.6) is 0 Å². The summed E-state index contributed by atoms with van der Waals surface area (Å²) >= 11 is 7.33. The van der Waals surface area contributed by atoms with Crippen molar-refractivity contribution in [3.8, 4) is 0 Å². The first-order chi connectivity index (χ1) is 13.6. The SMILES string of the molecule is O=C1C(Nc2cccc(Cl)c2)=C(Sc2ccccc2)C(=O)N1c1ccccc1. The number of carbonyl (C=O) groups is 2. The van der Waals surface area contributed by atoms with Crippen molar-refractivity contribution in [1.82, 2.24) is 0 Å². The van der Waals surface area contributed by atoms with Gasteiger partial charge >= 0.3 is 0 Å². The van der Waals surface area contributed by atoms with Crippen LogP contribution in [0.25, 0.3) is 0 Å². The van der Waals surface area contributed by atoms with Gasteiger partial charge in [-0.3, -0.25) is 9.59 Å². The van der Waals surface area contributed by atoms with Crippen LogP contribution in [0.15, 0.2) is 100 Å². The first-order valence-electron chi connectivity index (χ1n) is 8.57. The first-order valence-corrected chi connectivity index (χ1v) is 9.76. The fraction of sp³-hybridized carbons (Fsp3) is 0. The molecule has 4 nitrogen and oxygen atoms in total. The van der Waals surface area contributed by atoms with Gasteiger partial charge in [0.15, 0.2) is 0 Å². The van der Waals surface area contributed by atoms with Crippen molar-refractivity contribution < 1.29 is 9.59 Å². The lowest BCUT2D eigenvalue weighted by molar-refractivity contribution is -0.120. The predicted molar refractivity (Wildman–Crippen MR) is 113 cm³/mol. The maximum atomic E-state index is 13.1. The molecule has 0 radical (unpaired) electrons. The van der Waals surface area contributed by atoms with Crippen molar-refractivity contribution in [2.45, 2.75) is 4.90 Å². The quantitative estimate of drug-likeness (QED) is 0.582. The molecule has 0 aliphatic carbocycles. The molecule has 28 heavy (non-hydrogen) atoms. The molecule has 0 aromatic heterocycles. The zero-order chi connectivity index (χ0) is 19.5. The van der Waals surface area contributed by atoms with Crippen LogP contribution in [0.1, 0.15) is 0 Å². The van der Waals surface area contributed by atoms with Crippen molar-refractivity contribution >= 4 is 46.6 Å². The van der Waals surface area contributed by atoms with E-state index in [9.17, 15) is 9.59 Å². The Labute approximate surface area is 171 Å². The van der Waals surface area contributed by atoms with Gasteiger partial charge in [-0.15, -0.1) is 0 Å². The number of imide groups is 1. The number of hydrogen-bond donors (Lipinski definition) is 1. The molecule has 3 aromatic rings. The van der Waals surface area contributed by atoms with E-state index in [0.29, 0.717) is 21.3 Å². The van der Waals surface area contributed by atoms with Gasteiger partial charge in [0.2, 0.25) is 0 Å². The van der Waals surface area contributed by atoms with Gasteiger partial charge in [0, 0.05) is 15.6 Å². The van der Waals surface area contributed by atoms with Gasteiger partial charge in [-0.1, -0.05) is 65.8 Å². The lowest BCUT2D eigenvalue weighted by Gasteiger charge is -2.15. The number of hydrogen-bond acceptors (Lipinski definition) is 4. The number of thioether (sulfide) groups is 1. The Morgan fingerprint density at radius 3 is 2.14 bits per heavy atom. The molecule has 0 fully saturated rings. The summed E-state index contributed by atoms with van der Waals surface area (Å²) in [5.41, 5.74) is 1.42. The van der Waals surface area contributed by atoms with Crippen LogP contribution < -0.4 is 10.2 Å². The summed E-state index contributed by atoms with van der Waals surface area (Å²) in [5.74, 6) is -0.746. The molecule has 1 aliphatic heterocycles. The Bertz CT molecular complexity index is 1070. The van der Waals surface area contributed by atoms with E-state index in [4.69, 9.17) is 11.6 Å². The normalized spacial score (nSPS) is 14.0. The van der Waals surface area contributed by atoms with Gasteiger partial charge in [0.05, 0.1) is 5.69 Å². The van der Waals surface area contributed by atoms with Gasteiger partial charge in [-0.05, 0) is 42.5 Å². The van der Waals surface area contributed by atoms with E-state index in [-0.39, 0.29) is 11.6 Å². The van der Waals surface area contributed by atoms with E-state index < -0.39 is 5.91 Å². The van der Waals surface area contributed by atoms with Gasteiger partial charge in [0.25, 0.3) is 11.8 Å². The Balaban J connectivity index is 1.75. The van der Waals surface area contributed by atoms with E-state index in [1.54, 1.807) is 48.5 Å². The summed E-state index contributed by atoms with van der Waals surface area (Å²) in [6.45, 7) is 0. The highest BCUT2D eigenvalue weighted by Gasteiger charge is 2.40. The van der Waals surface area contributed by atoms with Crippen molar-refractivity contribution in [2.24, 2.45) is 0 Å². The molecule has 1 heterocycles. The maximum absolute atomic E-state index is 13.1. The molecule has 0 unspecified atom stereocenters. The maximum Gasteiger partial charge on any atom is 0.283 e. The zero-order valence-electron chi connectivity index (χ0n) is 14.6. The Morgan fingerprint density at radius 1 is 0.786 bits per heavy atom. The Morgan fingerprint density at radius 2 is 1.46 bits per heavy atom. The molecule has 138 valence electrons. The lowest BCUT2D eigenvalue weighted by Crippen LogP contribution is -2.32. The van der Waals surface area contributed by atoms with Crippen LogP contribution in [0, 0.1) is 0 Å². The van der Waals surface area contributed by atoms with Crippen LogP contribution >= 0.6 is 23.4 Å². The zero-order valence-corrected chi connectivity index (χ0v) is 16.2. The molecule has 0 bridgehead atoms.